The van der Waals surface area contributed by atoms with E-state index in [1.807, 2.05) is 97.2 Å². The lowest BCUT2D eigenvalue weighted by molar-refractivity contribution is 0.668. The van der Waals surface area contributed by atoms with E-state index in [9.17, 15) is 0 Å². The van der Waals surface area contributed by atoms with Gasteiger partial charge in [-0.1, -0.05) is 115 Å². The van der Waals surface area contributed by atoms with Gasteiger partial charge in [0.2, 0.25) is 0 Å². The van der Waals surface area contributed by atoms with Gasteiger partial charge in [0.1, 0.15) is 33.5 Å². The molecule has 0 radical (unpaired) electrons. The molecule has 5 aromatic heterocycles. The van der Waals surface area contributed by atoms with Crippen LogP contribution in [0.15, 0.2) is 183 Å². The largest absolute Gasteiger partial charge is 0.456 e. The molecule has 0 N–H and O–H groups in total. The van der Waals surface area contributed by atoms with Gasteiger partial charge in [-0.3, -0.25) is 4.98 Å². The molecule has 7 heteroatoms. The maximum absolute atomic E-state index is 6.77. The standard InChI is InChI=1S/C50H28N4O3/c1-4-15-41-33(10-1)35-23-22-31(27-44(35)55-41)49-52-48(30-20-18-29(19-21-30)32-9-8-26-51-28-32)53-50(54-49)40-25-24-36(45-39-12-3-6-17-43(39)57-47(40)45)38-14-7-13-37-34-11-2-5-16-42(34)56-46(37)38/h1-28H. The van der Waals surface area contributed by atoms with Crippen LogP contribution in [-0.2, 0) is 0 Å². The number of benzene rings is 7. The van der Waals surface area contributed by atoms with Gasteiger partial charge in [-0.15, -0.1) is 0 Å². The Kier molecular flexibility index (Phi) is 6.79. The van der Waals surface area contributed by atoms with Crippen LogP contribution >= 0.6 is 0 Å². The van der Waals surface area contributed by atoms with E-state index < -0.39 is 0 Å². The number of furan rings is 3. The second-order valence-corrected chi connectivity index (χ2v) is 14.2. The fourth-order valence-electron chi connectivity index (χ4n) is 8.15. The van der Waals surface area contributed by atoms with E-state index in [0.29, 0.717) is 23.1 Å². The highest BCUT2D eigenvalue weighted by Crippen LogP contribution is 2.45. The molecular weight excluding hydrogens is 705 g/mol. The number of para-hydroxylation sites is 4. The van der Waals surface area contributed by atoms with Gasteiger partial charge in [-0.2, -0.15) is 0 Å². The monoisotopic (exact) mass is 732 g/mol. The lowest BCUT2D eigenvalue weighted by atomic mass is 9.95. The second kappa shape index (κ2) is 12.3. The first kappa shape index (κ1) is 31.5. The Morgan fingerprint density at radius 1 is 0.333 bits per heavy atom. The number of hydrogen-bond donors (Lipinski definition) is 0. The molecule has 0 spiro atoms. The summed E-state index contributed by atoms with van der Waals surface area (Å²) in [5.74, 6) is 1.56. The summed E-state index contributed by atoms with van der Waals surface area (Å²) in [6, 6.07) is 53.2. The van der Waals surface area contributed by atoms with Gasteiger partial charge in [0.05, 0.1) is 5.56 Å². The predicted octanol–water partition coefficient (Wildman–Crippen LogP) is 13.3. The quantitative estimate of drug-likeness (QED) is 0.174. The van der Waals surface area contributed by atoms with Crippen LogP contribution in [0.2, 0.25) is 0 Å². The Morgan fingerprint density at radius 3 is 1.72 bits per heavy atom. The van der Waals surface area contributed by atoms with Crippen molar-refractivity contribution in [3.8, 4) is 56.4 Å². The Hall–Kier alpha value is -7.90. The van der Waals surface area contributed by atoms with Crippen molar-refractivity contribution in [2.24, 2.45) is 0 Å². The Balaban J connectivity index is 1.09. The molecule has 0 atom stereocenters. The van der Waals surface area contributed by atoms with Crippen molar-refractivity contribution in [1.82, 2.24) is 19.9 Å². The Labute approximate surface area is 324 Å². The van der Waals surface area contributed by atoms with Gasteiger partial charge >= 0.3 is 0 Å². The predicted molar refractivity (Wildman–Crippen MR) is 227 cm³/mol. The third-order valence-corrected chi connectivity index (χ3v) is 10.9. The molecule has 57 heavy (non-hydrogen) atoms. The lowest BCUT2D eigenvalue weighted by Gasteiger charge is -2.11. The van der Waals surface area contributed by atoms with Crippen molar-refractivity contribution >= 4 is 65.8 Å². The van der Waals surface area contributed by atoms with Crippen molar-refractivity contribution in [3.05, 3.63) is 170 Å². The summed E-state index contributed by atoms with van der Waals surface area (Å²) < 4.78 is 19.6. The van der Waals surface area contributed by atoms with Gasteiger partial charge in [-0.05, 0) is 59.2 Å². The average molecular weight is 733 g/mol. The maximum Gasteiger partial charge on any atom is 0.167 e. The van der Waals surface area contributed by atoms with E-state index in [4.69, 9.17) is 28.2 Å². The van der Waals surface area contributed by atoms with E-state index in [2.05, 4.69) is 71.7 Å². The van der Waals surface area contributed by atoms with Gasteiger partial charge in [0.25, 0.3) is 0 Å². The van der Waals surface area contributed by atoms with Gasteiger partial charge in [0.15, 0.2) is 17.5 Å². The molecule has 12 aromatic rings. The smallest absolute Gasteiger partial charge is 0.167 e. The number of fused-ring (bicyclic) bond motifs is 9. The van der Waals surface area contributed by atoms with Crippen LogP contribution in [0, 0.1) is 0 Å². The summed E-state index contributed by atoms with van der Waals surface area (Å²) in [7, 11) is 0. The molecule has 0 aliphatic heterocycles. The van der Waals surface area contributed by atoms with Crippen LogP contribution in [-0.4, -0.2) is 19.9 Å². The molecular formula is C50H28N4O3. The highest BCUT2D eigenvalue weighted by atomic mass is 16.3. The molecule has 0 saturated heterocycles. The van der Waals surface area contributed by atoms with E-state index in [1.165, 1.54) is 0 Å². The van der Waals surface area contributed by atoms with Crippen LogP contribution in [0.3, 0.4) is 0 Å². The third kappa shape index (κ3) is 4.99. The fraction of sp³-hybridized carbons (Fsp3) is 0. The van der Waals surface area contributed by atoms with Crippen LogP contribution in [0.25, 0.3) is 122 Å². The summed E-state index contributed by atoms with van der Waals surface area (Å²) in [6.07, 6.45) is 3.64. The summed E-state index contributed by atoms with van der Waals surface area (Å²) in [4.78, 5) is 19.7. The van der Waals surface area contributed by atoms with E-state index >= 15 is 0 Å². The fourth-order valence-corrected chi connectivity index (χ4v) is 8.15. The van der Waals surface area contributed by atoms with Crippen LogP contribution in [0.1, 0.15) is 0 Å². The van der Waals surface area contributed by atoms with Crippen molar-refractivity contribution in [3.63, 3.8) is 0 Å². The zero-order chi connectivity index (χ0) is 37.5. The number of aromatic nitrogens is 4. The summed E-state index contributed by atoms with van der Waals surface area (Å²) in [5, 5.41) is 6.21. The summed E-state index contributed by atoms with van der Waals surface area (Å²) in [5.41, 5.74) is 11.2. The van der Waals surface area contributed by atoms with Crippen LogP contribution in [0.4, 0.5) is 0 Å². The van der Waals surface area contributed by atoms with E-state index in [-0.39, 0.29) is 0 Å². The number of hydrogen-bond acceptors (Lipinski definition) is 7. The van der Waals surface area contributed by atoms with Gasteiger partial charge in [-0.25, -0.2) is 15.0 Å². The summed E-state index contributed by atoms with van der Waals surface area (Å²) in [6.45, 7) is 0. The molecule has 0 fully saturated rings. The minimum atomic E-state index is 0.494. The second-order valence-electron chi connectivity index (χ2n) is 14.2. The zero-order valence-electron chi connectivity index (χ0n) is 30.2. The number of rotatable bonds is 5. The molecule has 266 valence electrons. The minimum Gasteiger partial charge on any atom is -0.456 e. The van der Waals surface area contributed by atoms with Crippen molar-refractivity contribution in [2.45, 2.75) is 0 Å². The van der Waals surface area contributed by atoms with E-state index in [0.717, 1.165) is 99.2 Å². The average Bonchev–Trinajstić information content (AvgIpc) is 3.98. The topological polar surface area (TPSA) is 91.0 Å². The molecule has 0 aliphatic carbocycles. The minimum absolute atomic E-state index is 0.494. The van der Waals surface area contributed by atoms with Gasteiger partial charge < -0.3 is 13.3 Å². The van der Waals surface area contributed by atoms with E-state index in [1.54, 1.807) is 6.20 Å². The normalized spacial score (nSPS) is 11.9. The highest BCUT2D eigenvalue weighted by molar-refractivity contribution is 6.19. The highest BCUT2D eigenvalue weighted by Gasteiger charge is 2.23. The molecule has 0 aliphatic rings. The van der Waals surface area contributed by atoms with Crippen molar-refractivity contribution < 1.29 is 13.3 Å². The van der Waals surface area contributed by atoms with Crippen molar-refractivity contribution in [2.75, 3.05) is 0 Å². The molecule has 12 rings (SSSR count). The Bertz CT molecular complexity index is 3530. The maximum atomic E-state index is 6.77. The first-order valence-electron chi connectivity index (χ1n) is 18.8. The SMILES string of the molecule is c1cncc(-c2ccc(-c3nc(-c4ccc5c(c4)oc4ccccc45)nc(-c4ccc(-c5cccc6c5oc5ccccc56)c5c4oc4ccccc45)n3)cc2)c1. The number of nitrogens with zero attached hydrogens (tertiary/aromatic N) is 4. The molecule has 0 amide bonds. The van der Waals surface area contributed by atoms with Crippen LogP contribution < -0.4 is 0 Å². The third-order valence-electron chi connectivity index (χ3n) is 10.9. The summed E-state index contributed by atoms with van der Waals surface area (Å²) >= 11 is 0. The molecule has 5 heterocycles. The zero-order valence-corrected chi connectivity index (χ0v) is 30.2. The molecule has 0 unspecified atom stereocenters. The molecule has 7 nitrogen and oxygen atoms in total. The molecule has 0 bridgehead atoms. The molecule has 7 aromatic carbocycles. The van der Waals surface area contributed by atoms with Crippen LogP contribution in [0.5, 0.6) is 0 Å². The number of pyridine rings is 1. The first-order chi connectivity index (χ1) is 28.2. The lowest BCUT2D eigenvalue weighted by Crippen LogP contribution is -2.00. The van der Waals surface area contributed by atoms with Gasteiger partial charge in [0, 0.05) is 61.4 Å². The Morgan fingerprint density at radius 2 is 0.930 bits per heavy atom. The molecule has 0 saturated carbocycles. The first-order valence-corrected chi connectivity index (χ1v) is 18.8. The van der Waals surface area contributed by atoms with Crippen molar-refractivity contribution in [1.29, 1.82) is 0 Å².